The first-order valence-corrected chi connectivity index (χ1v) is 8.29. The molecule has 2 aromatic heterocycles. The average Bonchev–Trinajstić information content (AvgIpc) is 3.26. The van der Waals surface area contributed by atoms with Crippen LogP contribution in [0.2, 0.25) is 0 Å². The molecule has 0 unspecified atom stereocenters. The van der Waals surface area contributed by atoms with Crippen LogP contribution in [-0.2, 0) is 13.1 Å². The molecule has 6 nitrogen and oxygen atoms in total. The number of benzene rings is 1. The Balaban J connectivity index is 1.50. The summed E-state index contributed by atoms with van der Waals surface area (Å²) in [5.74, 6) is 1.58. The maximum absolute atomic E-state index is 5.65. The Bertz CT molecular complexity index is 785. The van der Waals surface area contributed by atoms with E-state index in [-0.39, 0.29) is 0 Å². The van der Waals surface area contributed by atoms with Crippen LogP contribution in [0, 0.1) is 0 Å². The van der Waals surface area contributed by atoms with E-state index in [0.717, 1.165) is 46.4 Å². The second kappa shape index (κ2) is 6.39. The number of fused-ring (bicyclic) bond motifs is 1. The molecule has 0 bridgehead atoms. The number of thiazole rings is 1. The van der Waals surface area contributed by atoms with Crippen molar-refractivity contribution < 1.29 is 9.47 Å². The van der Waals surface area contributed by atoms with Crippen molar-refractivity contribution in [1.29, 1.82) is 0 Å². The molecule has 0 spiro atoms. The molecule has 0 radical (unpaired) electrons. The smallest absolute Gasteiger partial charge is 0.162 e. The minimum absolute atomic E-state index is 0.585. The van der Waals surface area contributed by atoms with Crippen molar-refractivity contribution in [3.8, 4) is 22.8 Å². The zero-order valence-electron chi connectivity index (χ0n) is 12.4. The van der Waals surface area contributed by atoms with Gasteiger partial charge in [-0.3, -0.25) is 5.10 Å². The zero-order chi connectivity index (χ0) is 15.5. The molecule has 0 aliphatic carbocycles. The van der Waals surface area contributed by atoms with Gasteiger partial charge in [0.1, 0.15) is 18.2 Å². The van der Waals surface area contributed by atoms with Gasteiger partial charge in [0.05, 0.1) is 11.9 Å². The van der Waals surface area contributed by atoms with E-state index in [9.17, 15) is 0 Å². The molecular weight excluding hydrogens is 312 g/mol. The lowest BCUT2D eigenvalue weighted by Gasteiger charge is -2.18. The van der Waals surface area contributed by atoms with Crippen molar-refractivity contribution in [2.24, 2.45) is 0 Å². The van der Waals surface area contributed by atoms with Gasteiger partial charge in [0, 0.05) is 35.8 Å². The van der Waals surface area contributed by atoms with Gasteiger partial charge in [0.15, 0.2) is 11.5 Å². The van der Waals surface area contributed by atoms with Crippen molar-refractivity contribution in [2.45, 2.75) is 13.1 Å². The highest BCUT2D eigenvalue weighted by Gasteiger charge is 2.15. The van der Waals surface area contributed by atoms with Crippen molar-refractivity contribution in [3.05, 3.63) is 46.5 Å². The van der Waals surface area contributed by atoms with Gasteiger partial charge in [-0.1, -0.05) is 0 Å². The van der Waals surface area contributed by atoms with E-state index in [4.69, 9.17) is 9.47 Å². The maximum atomic E-state index is 5.65. The molecule has 23 heavy (non-hydrogen) atoms. The monoisotopic (exact) mass is 328 g/mol. The summed E-state index contributed by atoms with van der Waals surface area (Å²) in [5.41, 5.74) is 3.14. The van der Waals surface area contributed by atoms with Crippen LogP contribution in [0.1, 0.15) is 10.6 Å². The van der Waals surface area contributed by atoms with E-state index in [0.29, 0.717) is 13.2 Å². The normalized spacial score (nSPS) is 13.2. The van der Waals surface area contributed by atoms with Crippen molar-refractivity contribution in [3.63, 3.8) is 0 Å². The van der Waals surface area contributed by atoms with Gasteiger partial charge < -0.3 is 14.8 Å². The first kappa shape index (κ1) is 14.2. The number of nitrogens with zero attached hydrogens (tertiary/aromatic N) is 2. The molecule has 3 heterocycles. The quantitative estimate of drug-likeness (QED) is 0.753. The lowest BCUT2D eigenvalue weighted by Crippen LogP contribution is -2.15. The van der Waals surface area contributed by atoms with E-state index in [1.807, 2.05) is 36.0 Å². The lowest BCUT2D eigenvalue weighted by atomic mass is 10.1. The van der Waals surface area contributed by atoms with Gasteiger partial charge in [-0.15, -0.1) is 11.3 Å². The molecular formula is C16H16N4O2S. The third kappa shape index (κ3) is 3.06. The van der Waals surface area contributed by atoms with Crippen molar-refractivity contribution >= 4 is 11.3 Å². The fourth-order valence-electron chi connectivity index (χ4n) is 2.54. The van der Waals surface area contributed by atoms with Gasteiger partial charge in [-0.2, -0.15) is 5.10 Å². The predicted octanol–water partition coefficient (Wildman–Crippen LogP) is 2.59. The SMILES string of the molecule is c1csc(CNCc2cn[nH]c2-c2ccc3c(c2)OCCO3)n1. The Hall–Kier alpha value is -2.38. The molecule has 0 saturated carbocycles. The zero-order valence-corrected chi connectivity index (χ0v) is 13.2. The summed E-state index contributed by atoms with van der Waals surface area (Å²) < 4.78 is 11.2. The van der Waals surface area contributed by atoms with Gasteiger partial charge >= 0.3 is 0 Å². The molecule has 1 aliphatic rings. The third-order valence-corrected chi connectivity index (χ3v) is 4.40. The first-order valence-electron chi connectivity index (χ1n) is 7.41. The molecule has 7 heteroatoms. The highest BCUT2D eigenvalue weighted by molar-refractivity contribution is 7.09. The largest absolute Gasteiger partial charge is 0.486 e. The number of hydrogen-bond donors (Lipinski definition) is 2. The van der Waals surface area contributed by atoms with Crippen LogP contribution >= 0.6 is 11.3 Å². The van der Waals surface area contributed by atoms with Gasteiger partial charge in [0.25, 0.3) is 0 Å². The Morgan fingerprint density at radius 1 is 1.17 bits per heavy atom. The van der Waals surface area contributed by atoms with Crippen LogP contribution in [0.4, 0.5) is 0 Å². The molecule has 0 atom stereocenters. The number of aromatic nitrogens is 3. The highest BCUT2D eigenvalue weighted by atomic mass is 32.1. The molecule has 1 aromatic carbocycles. The summed E-state index contributed by atoms with van der Waals surface area (Å²) in [4.78, 5) is 4.27. The van der Waals surface area contributed by atoms with Gasteiger partial charge in [0.2, 0.25) is 0 Å². The topological polar surface area (TPSA) is 72.1 Å². The van der Waals surface area contributed by atoms with Crippen LogP contribution in [0.25, 0.3) is 11.3 Å². The predicted molar refractivity (Wildman–Crippen MR) is 87.7 cm³/mol. The summed E-state index contributed by atoms with van der Waals surface area (Å²) in [7, 11) is 0. The second-order valence-electron chi connectivity index (χ2n) is 5.16. The second-order valence-corrected chi connectivity index (χ2v) is 6.14. The number of rotatable bonds is 5. The molecule has 1 aliphatic heterocycles. The fraction of sp³-hybridized carbons (Fsp3) is 0.250. The maximum Gasteiger partial charge on any atom is 0.162 e. The standard InChI is InChI=1S/C16H16N4O2S/c1-2-13-14(22-5-4-21-13)7-11(1)16-12(9-19-20-16)8-17-10-15-18-3-6-23-15/h1-3,6-7,9,17H,4-5,8,10H2,(H,19,20). The Kier molecular flexibility index (Phi) is 3.95. The number of H-pyrrole nitrogens is 1. The highest BCUT2D eigenvalue weighted by Crippen LogP contribution is 2.34. The summed E-state index contributed by atoms with van der Waals surface area (Å²) in [6, 6.07) is 5.95. The Morgan fingerprint density at radius 3 is 2.96 bits per heavy atom. The third-order valence-electron chi connectivity index (χ3n) is 3.62. The number of aromatic amines is 1. The van der Waals surface area contributed by atoms with Gasteiger partial charge in [-0.25, -0.2) is 4.98 Å². The summed E-state index contributed by atoms with van der Waals surface area (Å²) >= 11 is 1.65. The molecule has 118 valence electrons. The number of ether oxygens (including phenoxy) is 2. The Morgan fingerprint density at radius 2 is 2.09 bits per heavy atom. The fourth-order valence-corrected chi connectivity index (χ4v) is 3.12. The lowest BCUT2D eigenvalue weighted by molar-refractivity contribution is 0.171. The van der Waals surface area contributed by atoms with Crippen LogP contribution in [0.5, 0.6) is 11.5 Å². The van der Waals surface area contributed by atoms with Gasteiger partial charge in [-0.05, 0) is 18.2 Å². The molecule has 0 saturated heterocycles. The Labute approximate surface area is 137 Å². The average molecular weight is 328 g/mol. The molecule has 0 amide bonds. The van der Waals surface area contributed by atoms with Crippen LogP contribution in [0.15, 0.2) is 36.0 Å². The van der Waals surface area contributed by atoms with Crippen molar-refractivity contribution in [1.82, 2.24) is 20.5 Å². The minimum Gasteiger partial charge on any atom is -0.486 e. The van der Waals surface area contributed by atoms with Crippen LogP contribution < -0.4 is 14.8 Å². The molecule has 4 rings (SSSR count). The van der Waals surface area contributed by atoms with E-state index in [1.165, 1.54) is 0 Å². The minimum atomic E-state index is 0.585. The van der Waals surface area contributed by atoms with Crippen LogP contribution in [0.3, 0.4) is 0 Å². The van der Waals surface area contributed by atoms with E-state index < -0.39 is 0 Å². The van der Waals surface area contributed by atoms with Crippen LogP contribution in [-0.4, -0.2) is 28.4 Å². The van der Waals surface area contributed by atoms with E-state index in [2.05, 4.69) is 20.5 Å². The van der Waals surface area contributed by atoms with E-state index in [1.54, 1.807) is 11.3 Å². The number of nitrogens with one attached hydrogen (secondary N) is 2. The van der Waals surface area contributed by atoms with E-state index >= 15 is 0 Å². The molecule has 3 aromatic rings. The summed E-state index contributed by atoms with van der Waals surface area (Å²) in [6.07, 6.45) is 3.67. The number of hydrogen-bond acceptors (Lipinski definition) is 6. The molecule has 2 N–H and O–H groups in total. The summed E-state index contributed by atoms with van der Waals surface area (Å²) in [6.45, 7) is 2.66. The molecule has 0 fully saturated rings. The first-order chi connectivity index (χ1) is 11.4. The van der Waals surface area contributed by atoms with Crippen molar-refractivity contribution in [2.75, 3.05) is 13.2 Å². The summed E-state index contributed by atoms with van der Waals surface area (Å²) in [5, 5.41) is 13.7.